The molecule has 0 saturated heterocycles. The van der Waals surface area contributed by atoms with Gasteiger partial charge in [0.05, 0.1) is 37.9 Å². The second-order valence-electron chi connectivity index (χ2n) is 7.60. The Kier molecular flexibility index (Phi) is 8.90. The molecule has 0 fully saturated rings. The molecule has 8 nitrogen and oxygen atoms in total. The van der Waals surface area contributed by atoms with Crippen LogP contribution in [0.25, 0.3) is 10.2 Å². The summed E-state index contributed by atoms with van der Waals surface area (Å²) in [7, 11) is 0. The molecule has 1 aromatic carbocycles. The number of nitrogens with one attached hydrogen (secondary N) is 1. The number of fused-ring (bicyclic) bond motifs is 1. The van der Waals surface area contributed by atoms with Crippen molar-refractivity contribution < 1.29 is 19.4 Å². The van der Waals surface area contributed by atoms with E-state index in [1.165, 1.54) is 0 Å². The number of aromatic nitrogens is 2. The number of aliphatic hydroxyl groups is 1. The minimum atomic E-state index is -0.719. The van der Waals surface area contributed by atoms with Crippen LogP contribution in [0.5, 0.6) is 0 Å². The SMILES string of the molecule is C=CCOC[C@@H](O)CN(Cc1ccccc1)Cc1nc2sc(C(=O)OCC)c(C)c2c(=O)[nH]1. The summed E-state index contributed by atoms with van der Waals surface area (Å²) in [5.74, 6) is 0.00611. The Labute approximate surface area is 196 Å². The number of hydrogen-bond acceptors (Lipinski definition) is 8. The average Bonchev–Trinajstić information content (AvgIpc) is 3.11. The quantitative estimate of drug-likeness (QED) is 0.238. The first-order valence-electron chi connectivity index (χ1n) is 10.7. The van der Waals surface area contributed by atoms with E-state index < -0.39 is 12.1 Å². The normalized spacial score (nSPS) is 12.2. The lowest BCUT2D eigenvalue weighted by atomic mass is 10.2. The topological polar surface area (TPSA) is 105 Å². The van der Waals surface area contributed by atoms with E-state index in [9.17, 15) is 14.7 Å². The molecule has 0 unspecified atom stereocenters. The zero-order chi connectivity index (χ0) is 23.8. The van der Waals surface area contributed by atoms with Crippen molar-refractivity contribution in [1.82, 2.24) is 14.9 Å². The summed E-state index contributed by atoms with van der Waals surface area (Å²) in [5.41, 5.74) is 1.34. The predicted molar refractivity (Wildman–Crippen MR) is 129 cm³/mol. The number of nitrogens with zero attached hydrogens (tertiary/aromatic N) is 2. The predicted octanol–water partition coefficient (Wildman–Crippen LogP) is 3.04. The molecule has 33 heavy (non-hydrogen) atoms. The van der Waals surface area contributed by atoms with Gasteiger partial charge in [-0.1, -0.05) is 36.4 Å². The van der Waals surface area contributed by atoms with E-state index in [0.717, 1.165) is 16.9 Å². The molecule has 0 saturated carbocycles. The van der Waals surface area contributed by atoms with Gasteiger partial charge in [-0.2, -0.15) is 0 Å². The number of aliphatic hydroxyl groups excluding tert-OH is 1. The Morgan fingerprint density at radius 3 is 2.79 bits per heavy atom. The highest BCUT2D eigenvalue weighted by Gasteiger charge is 2.21. The van der Waals surface area contributed by atoms with E-state index in [1.54, 1.807) is 19.9 Å². The number of benzene rings is 1. The van der Waals surface area contributed by atoms with Gasteiger partial charge in [-0.15, -0.1) is 17.9 Å². The van der Waals surface area contributed by atoms with Crippen LogP contribution in [0.1, 0.15) is 33.5 Å². The van der Waals surface area contributed by atoms with Crippen LogP contribution in [0.4, 0.5) is 0 Å². The molecule has 0 aliphatic rings. The third-order valence-corrected chi connectivity index (χ3v) is 6.11. The van der Waals surface area contributed by atoms with Crippen molar-refractivity contribution in [2.45, 2.75) is 33.0 Å². The van der Waals surface area contributed by atoms with Gasteiger partial charge in [0.1, 0.15) is 15.5 Å². The van der Waals surface area contributed by atoms with E-state index in [0.29, 0.717) is 52.7 Å². The minimum Gasteiger partial charge on any atom is -0.462 e. The van der Waals surface area contributed by atoms with Gasteiger partial charge in [-0.05, 0) is 25.0 Å². The lowest BCUT2D eigenvalue weighted by molar-refractivity contribution is 0.0223. The number of aromatic amines is 1. The molecule has 3 aromatic rings. The largest absolute Gasteiger partial charge is 0.462 e. The molecule has 9 heteroatoms. The van der Waals surface area contributed by atoms with Crippen molar-refractivity contribution in [2.75, 3.05) is 26.4 Å². The number of hydrogen-bond donors (Lipinski definition) is 2. The summed E-state index contributed by atoms with van der Waals surface area (Å²) in [4.78, 5) is 35.4. The maximum atomic E-state index is 12.8. The zero-order valence-electron chi connectivity index (χ0n) is 18.9. The third-order valence-electron chi connectivity index (χ3n) is 4.95. The molecule has 0 spiro atoms. The summed E-state index contributed by atoms with van der Waals surface area (Å²) in [6.07, 6.45) is 0.912. The molecule has 2 aromatic heterocycles. The number of carbonyl (C=O) groups is 1. The van der Waals surface area contributed by atoms with Crippen LogP contribution in [-0.4, -0.2) is 58.4 Å². The number of ether oxygens (including phenoxy) is 2. The lowest BCUT2D eigenvalue weighted by Crippen LogP contribution is -2.35. The van der Waals surface area contributed by atoms with Crippen LogP contribution in [0.3, 0.4) is 0 Å². The summed E-state index contributed by atoms with van der Waals surface area (Å²) >= 11 is 1.16. The number of thiophene rings is 1. The van der Waals surface area contributed by atoms with E-state index in [1.807, 2.05) is 35.2 Å². The van der Waals surface area contributed by atoms with Crippen LogP contribution >= 0.6 is 11.3 Å². The highest BCUT2D eigenvalue weighted by atomic mass is 32.1. The standard InChI is InChI=1S/C24H29N3O5S/c1-4-11-31-15-18(28)13-27(12-17-9-7-6-8-10-17)14-19-25-22(29)20-16(3)21(24(30)32-5-2)33-23(20)26-19/h4,6-10,18,28H,1,5,11-15H2,2-3H3,(H,25,26,29)/t18-/m0/s1. The molecular formula is C24H29N3O5S. The second-order valence-corrected chi connectivity index (χ2v) is 8.60. The van der Waals surface area contributed by atoms with Gasteiger partial charge < -0.3 is 19.6 Å². The first-order valence-corrected chi connectivity index (χ1v) is 11.6. The molecule has 0 aliphatic carbocycles. The number of rotatable bonds is 12. The number of esters is 1. The van der Waals surface area contributed by atoms with Gasteiger partial charge in [-0.3, -0.25) is 9.69 Å². The Balaban J connectivity index is 1.85. The van der Waals surface area contributed by atoms with Crippen molar-refractivity contribution in [2.24, 2.45) is 0 Å². The van der Waals surface area contributed by atoms with E-state index in [2.05, 4.69) is 16.5 Å². The Morgan fingerprint density at radius 2 is 2.09 bits per heavy atom. The highest BCUT2D eigenvalue weighted by molar-refractivity contribution is 7.20. The van der Waals surface area contributed by atoms with Crippen molar-refractivity contribution in [3.8, 4) is 0 Å². The molecule has 176 valence electrons. The molecule has 3 rings (SSSR count). The van der Waals surface area contributed by atoms with Crippen molar-refractivity contribution >= 4 is 27.5 Å². The maximum Gasteiger partial charge on any atom is 0.348 e. The van der Waals surface area contributed by atoms with Gasteiger partial charge >= 0.3 is 5.97 Å². The molecule has 2 N–H and O–H groups in total. The minimum absolute atomic E-state index is 0.174. The van der Waals surface area contributed by atoms with Crippen LogP contribution in [0, 0.1) is 6.92 Å². The Hall–Kier alpha value is -2.85. The number of carbonyl (C=O) groups excluding carboxylic acids is 1. The van der Waals surface area contributed by atoms with E-state index >= 15 is 0 Å². The lowest BCUT2D eigenvalue weighted by Gasteiger charge is -2.24. The van der Waals surface area contributed by atoms with Gasteiger partial charge in [0, 0.05) is 13.1 Å². The fourth-order valence-corrected chi connectivity index (χ4v) is 4.63. The van der Waals surface area contributed by atoms with Crippen LogP contribution in [0.15, 0.2) is 47.8 Å². The van der Waals surface area contributed by atoms with Crippen molar-refractivity contribution in [1.29, 1.82) is 0 Å². The van der Waals surface area contributed by atoms with Gasteiger partial charge in [0.15, 0.2) is 0 Å². The molecule has 1 atom stereocenters. The zero-order valence-corrected chi connectivity index (χ0v) is 19.7. The molecular weight excluding hydrogens is 442 g/mol. The van der Waals surface area contributed by atoms with Crippen LogP contribution < -0.4 is 5.56 Å². The Morgan fingerprint density at radius 1 is 1.33 bits per heavy atom. The van der Waals surface area contributed by atoms with Gasteiger partial charge in [-0.25, -0.2) is 9.78 Å². The maximum absolute atomic E-state index is 12.8. The molecule has 0 amide bonds. The average molecular weight is 472 g/mol. The van der Waals surface area contributed by atoms with Crippen LogP contribution in [-0.2, 0) is 22.6 Å². The highest BCUT2D eigenvalue weighted by Crippen LogP contribution is 2.27. The van der Waals surface area contributed by atoms with Gasteiger partial charge in [0.2, 0.25) is 0 Å². The van der Waals surface area contributed by atoms with E-state index in [-0.39, 0.29) is 18.8 Å². The monoisotopic (exact) mass is 471 g/mol. The second kappa shape index (κ2) is 11.9. The van der Waals surface area contributed by atoms with Crippen molar-refractivity contribution in [3.05, 3.63) is 75.2 Å². The number of aryl methyl sites for hydroxylation is 1. The fourth-order valence-electron chi connectivity index (χ4n) is 3.53. The first-order chi connectivity index (χ1) is 15.9. The van der Waals surface area contributed by atoms with Gasteiger partial charge in [0.25, 0.3) is 5.56 Å². The van der Waals surface area contributed by atoms with Crippen molar-refractivity contribution in [3.63, 3.8) is 0 Å². The summed E-state index contributed by atoms with van der Waals surface area (Å²) in [6.45, 7) is 9.05. The van der Waals surface area contributed by atoms with E-state index in [4.69, 9.17) is 9.47 Å². The molecule has 0 bridgehead atoms. The fraction of sp³-hybridized carbons (Fsp3) is 0.375. The smallest absolute Gasteiger partial charge is 0.348 e. The molecule has 0 aliphatic heterocycles. The molecule has 2 heterocycles. The third kappa shape index (κ3) is 6.58. The molecule has 0 radical (unpaired) electrons. The summed E-state index contributed by atoms with van der Waals surface area (Å²) in [6, 6.07) is 9.85. The summed E-state index contributed by atoms with van der Waals surface area (Å²) < 4.78 is 10.5. The van der Waals surface area contributed by atoms with Crippen LogP contribution in [0.2, 0.25) is 0 Å². The summed E-state index contributed by atoms with van der Waals surface area (Å²) in [5, 5.41) is 10.8. The number of H-pyrrole nitrogens is 1. The first kappa shape index (κ1) is 24.8. The Bertz CT molecular complexity index is 1140.